The van der Waals surface area contributed by atoms with Gasteiger partial charge in [-0.15, -0.1) is 0 Å². The molecular weight excluding hydrogens is 378 g/mol. The standard InChI is InChI=1S/C23H23N5O2/c1-22(10-11-22)17-8-9-23(20(24)30,18-7-2-3-12-25-18)21(28-17)27-16-6-4-5-14-15(16)13-26-19(14)29/h2-9,12,21,27H,10-11,13H2,1H3,(H2,24,30)(H,26,29). The average Bonchev–Trinajstić information content (AvgIpc) is 3.40. The molecular formula is C23H23N5O2. The number of nitrogens with zero attached hydrogens (tertiary/aromatic N) is 2. The number of pyridine rings is 1. The summed E-state index contributed by atoms with van der Waals surface area (Å²) in [5.74, 6) is -0.627. The largest absolute Gasteiger partial charge is 0.368 e. The SMILES string of the molecule is CC1(C2=NC(Nc3cccc4c3CNC4=O)C(C(N)=O)(c3ccccn3)C=C2)CC1. The summed E-state index contributed by atoms with van der Waals surface area (Å²) < 4.78 is 0. The molecule has 2 amide bonds. The zero-order chi connectivity index (χ0) is 20.9. The zero-order valence-electron chi connectivity index (χ0n) is 16.7. The Balaban J connectivity index is 1.63. The van der Waals surface area contributed by atoms with Gasteiger partial charge in [0.05, 0.1) is 5.69 Å². The molecule has 3 aliphatic rings. The third-order valence-corrected chi connectivity index (χ3v) is 6.46. The number of nitrogens with two attached hydrogens (primary N) is 1. The summed E-state index contributed by atoms with van der Waals surface area (Å²) >= 11 is 0. The van der Waals surface area contributed by atoms with Crippen molar-refractivity contribution in [1.29, 1.82) is 0 Å². The molecule has 1 aromatic carbocycles. The maximum Gasteiger partial charge on any atom is 0.251 e. The monoisotopic (exact) mass is 401 g/mol. The van der Waals surface area contributed by atoms with E-state index in [4.69, 9.17) is 10.7 Å². The Bertz CT molecular complexity index is 1100. The normalized spacial score (nSPS) is 25.8. The lowest BCUT2D eigenvalue weighted by Crippen LogP contribution is -2.54. The van der Waals surface area contributed by atoms with Crippen molar-refractivity contribution in [3.8, 4) is 0 Å². The van der Waals surface area contributed by atoms with Crippen LogP contribution in [-0.4, -0.2) is 28.7 Å². The summed E-state index contributed by atoms with van der Waals surface area (Å²) in [5.41, 5.74) is 8.52. The van der Waals surface area contributed by atoms with Crippen molar-refractivity contribution in [3.05, 3.63) is 71.6 Å². The molecule has 4 N–H and O–H groups in total. The van der Waals surface area contributed by atoms with E-state index in [2.05, 4.69) is 22.5 Å². The molecule has 5 rings (SSSR count). The fourth-order valence-electron chi connectivity index (χ4n) is 4.24. The van der Waals surface area contributed by atoms with Gasteiger partial charge in [-0.05, 0) is 43.2 Å². The highest BCUT2D eigenvalue weighted by molar-refractivity contribution is 6.05. The Labute approximate surface area is 174 Å². The molecule has 7 nitrogen and oxygen atoms in total. The minimum absolute atomic E-state index is 0.0283. The van der Waals surface area contributed by atoms with Crippen molar-refractivity contribution in [2.24, 2.45) is 16.1 Å². The Morgan fingerprint density at radius 1 is 1.23 bits per heavy atom. The molecule has 0 saturated heterocycles. The van der Waals surface area contributed by atoms with Crippen LogP contribution in [-0.2, 0) is 16.8 Å². The highest BCUT2D eigenvalue weighted by atomic mass is 16.2. The summed E-state index contributed by atoms with van der Waals surface area (Å²) in [4.78, 5) is 34.4. The number of rotatable bonds is 5. The minimum atomic E-state index is -1.24. The maximum atomic E-state index is 12.9. The maximum absolute atomic E-state index is 12.9. The van der Waals surface area contributed by atoms with Crippen LogP contribution >= 0.6 is 0 Å². The smallest absolute Gasteiger partial charge is 0.251 e. The van der Waals surface area contributed by atoms with Gasteiger partial charge in [-0.1, -0.05) is 25.1 Å². The Hall–Kier alpha value is -3.48. The van der Waals surface area contributed by atoms with E-state index in [0.717, 1.165) is 29.8 Å². The number of primary amides is 1. The lowest BCUT2D eigenvalue weighted by atomic mass is 9.76. The number of anilines is 1. The zero-order valence-corrected chi connectivity index (χ0v) is 16.7. The summed E-state index contributed by atoms with van der Waals surface area (Å²) in [7, 11) is 0. The summed E-state index contributed by atoms with van der Waals surface area (Å²) in [6.07, 6.45) is 6.86. The lowest BCUT2D eigenvalue weighted by molar-refractivity contribution is -0.122. The average molecular weight is 401 g/mol. The second-order valence-electron chi connectivity index (χ2n) is 8.42. The Morgan fingerprint density at radius 3 is 2.77 bits per heavy atom. The van der Waals surface area contributed by atoms with E-state index in [1.807, 2.05) is 30.4 Å². The van der Waals surface area contributed by atoms with Gasteiger partial charge in [0.15, 0.2) is 0 Å². The van der Waals surface area contributed by atoms with Gasteiger partial charge in [0.2, 0.25) is 5.91 Å². The van der Waals surface area contributed by atoms with Crippen LogP contribution in [0.1, 0.15) is 41.4 Å². The number of allylic oxidation sites excluding steroid dienone is 1. The van der Waals surface area contributed by atoms with Crippen LogP contribution in [0.5, 0.6) is 0 Å². The molecule has 0 bridgehead atoms. The van der Waals surface area contributed by atoms with Crippen LogP contribution in [0.4, 0.5) is 5.69 Å². The number of dihydropyridines is 1. The second-order valence-corrected chi connectivity index (χ2v) is 8.42. The number of carbonyl (C=O) groups excluding carboxylic acids is 2. The first-order valence-corrected chi connectivity index (χ1v) is 10.1. The number of hydrogen-bond donors (Lipinski definition) is 3. The van der Waals surface area contributed by atoms with Crippen LogP contribution in [0.3, 0.4) is 0 Å². The quantitative estimate of drug-likeness (QED) is 0.714. The van der Waals surface area contributed by atoms with Gasteiger partial charge < -0.3 is 16.4 Å². The predicted octanol–water partition coefficient (Wildman–Crippen LogP) is 2.30. The number of aromatic nitrogens is 1. The van der Waals surface area contributed by atoms with Gasteiger partial charge in [0.25, 0.3) is 5.91 Å². The fraction of sp³-hybridized carbons (Fsp3) is 0.304. The van der Waals surface area contributed by atoms with Crippen LogP contribution in [0.25, 0.3) is 0 Å². The number of benzene rings is 1. The number of carbonyl (C=O) groups is 2. The number of aliphatic imine (C=N–C) groups is 1. The number of amides is 2. The van der Waals surface area contributed by atoms with E-state index < -0.39 is 17.5 Å². The molecule has 1 aromatic heterocycles. The summed E-state index contributed by atoms with van der Waals surface area (Å²) in [6, 6.07) is 10.9. The molecule has 7 heteroatoms. The van der Waals surface area contributed by atoms with Crippen molar-refractivity contribution in [1.82, 2.24) is 10.3 Å². The Morgan fingerprint density at radius 2 is 2.07 bits per heavy atom. The van der Waals surface area contributed by atoms with Gasteiger partial charge in [-0.2, -0.15) is 0 Å². The first-order chi connectivity index (χ1) is 14.4. The number of hydrogen-bond acceptors (Lipinski definition) is 5. The van der Waals surface area contributed by atoms with E-state index >= 15 is 0 Å². The molecule has 0 spiro atoms. The highest BCUT2D eigenvalue weighted by Gasteiger charge is 2.51. The van der Waals surface area contributed by atoms with Gasteiger partial charge in [-0.25, -0.2) is 0 Å². The van der Waals surface area contributed by atoms with Crippen LogP contribution in [0, 0.1) is 5.41 Å². The van der Waals surface area contributed by atoms with Gasteiger partial charge >= 0.3 is 0 Å². The second kappa shape index (κ2) is 6.52. The third kappa shape index (κ3) is 2.73. The molecule has 3 heterocycles. The van der Waals surface area contributed by atoms with Crippen molar-refractivity contribution < 1.29 is 9.59 Å². The van der Waals surface area contributed by atoms with E-state index in [9.17, 15) is 9.59 Å². The van der Waals surface area contributed by atoms with Gasteiger partial charge in [0, 0.05) is 40.7 Å². The molecule has 1 saturated carbocycles. The minimum Gasteiger partial charge on any atom is -0.368 e. The van der Waals surface area contributed by atoms with E-state index in [1.165, 1.54) is 0 Å². The molecule has 152 valence electrons. The predicted molar refractivity (Wildman–Crippen MR) is 114 cm³/mol. The molecule has 2 atom stereocenters. The van der Waals surface area contributed by atoms with Crippen molar-refractivity contribution in [2.75, 3.05) is 5.32 Å². The number of nitrogens with one attached hydrogen (secondary N) is 2. The molecule has 1 fully saturated rings. The molecule has 1 aliphatic carbocycles. The van der Waals surface area contributed by atoms with Crippen molar-refractivity contribution in [2.45, 2.75) is 37.9 Å². The Kier molecular flexibility index (Phi) is 4.03. The van der Waals surface area contributed by atoms with Gasteiger partial charge in [0.1, 0.15) is 11.6 Å². The first kappa shape index (κ1) is 18.5. The van der Waals surface area contributed by atoms with Crippen LogP contribution in [0.15, 0.2) is 59.7 Å². The first-order valence-electron chi connectivity index (χ1n) is 10.1. The topological polar surface area (TPSA) is 109 Å². The molecule has 2 unspecified atom stereocenters. The van der Waals surface area contributed by atoms with Crippen LogP contribution in [0.2, 0.25) is 0 Å². The summed E-state index contributed by atoms with van der Waals surface area (Å²) in [6.45, 7) is 2.61. The van der Waals surface area contributed by atoms with E-state index in [0.29, 0.717) is 17.8 Å². The van der Waals surface area contributed by atoms with Crippen LogP contribution < -0.4 is 16.4 Å². The van der Waals surface area contributed by atoms with Gasteiger partial charge in [-0.3, -0.25) is 19.6 Å². The lowest BCUT2D eigenvalue weighted by Gasteiger charge is -2.37. The third-order valence-electron chi connectivity index (χ3n) is 6.46. The van der Waals surface area contributed by atoms with Crippen molar-refractivity contribution in [3.63, 3.8) is 0 Å². The molecule has 2 aromatic rings. The fourth-order valence-corrected chi connectivity index (χ4v) is 4.24. The highest BCUT2D eigenvalue weighted by Crippen LogP contribution is 2.49. The van der Waals surface area contributed by atoms with E-state index in [1.54, 1.807) is 24.4 Å². The molecule has 2 aliphatic heterocycles. The summed E-state index contributed by atoms with van der Waals surface area (Å²) in [5, 5.41) is 6.28. The molecule has 30 heavy (non-hydrogen) atoms. The van der Waals surface area contributed by atoms with Crippen molar-refractivity contribution >= 4 is 23.2 Å². The van der Waals surface area contributed by atoms with E-state index in [-0.39, 0.29) is 11.3 Å². The number of fused-ring (bicyclic) bond motifs is 1. The molecule has 0 radical (unpaired) electrons.